The molecule has 3 rings (SSSR count). The highest BCUT2D eigenvalue weighted by molar-refractivity contribution is 7.99. The van der Waals surface area contributed by atoms with E-state index >= 15 is 0 Å². The van der Waals surface area contributed by atoms with Gasteiger partial charge in [-0.3, -0.25) is 4.79 Å². The van der Waals surface area contributed by atoms with Crippen molar-refractivity contribution < 1.29 is 23.7 Å². The maximum absolute atomic E-state index is 12.4. The predicted molar refractivity (Wildman–Crippen MR) is 130 cm³/mol. The van der Waals surface area contributed by atoms with E-state index in [9.17, 15) is 4.79 Å². The number of hydrogen-bond acceptors (Lipinski definition) is 9. The Balaban J connectivity index is 1.65. The highest BCUT2D eigenvalue weighted by Crippen LogP contribution is 2.32. The smallest absolute Gasteiger partial charge is 0.250 e. The first kappa shape index (κ1) is 24.9. The van der Waals surface area contributed by atoms with E-state index in [0.717, 1.165) is 17.1 Å². The fourth-order valence-electron chi connectivity index (χ4n) is 3.13. The van der Waals surface area contributed by atoms with Crippen LogP contribution in [0, 0.1) is 0 Å². The van der Waals surface area contributed by atoms with Crippen LogP contribution in [0.25, 0.3) is 11.4 Å². The summed E-state index contributed by atoms with van der Waals surface area (Å²) in [5.74, 6) is 2.92. The van der Waals surface area contributed by atoms with Crippen molar-refractivity contribution in [2.75, 3.05) is 34.2 Å². The third-order valence-corrected chi connectivity index (χ3v) is 5.82. The molecule has 0 atom stereocenters. The lowest BCUT2D eigenvalue weighted by molar-refractivity contribution is -0.118. The van der Waals surface area contributed by atoms with E-state index in [1.165, 1.54) is 32.2 Å². The van der Waals surface area contributed by atoms with Crippen LogP contribution in [0.15, 0.2) is 46.7 Å². The van der Waals surface area contributed by atoms with Crippen molar-refractivity contribution in [3.8, 4) is 34.4 Å². The topological polar surface area (TPSA) is 109 Å². The van der Waals surface area contributed by atoms with Crippen LogP contribution in [0.4, 0.5) is 0 Å². The van der Waals surface area contributed by atoms with Gasteiger partial charge in [-0.1, -0.05) is 11.8 Å². The number of ether oxygens (including phenoxy) is 4. The van der Waals surface area contributed by atoms with Gasteiger partial charge in [0.05, 0.1) is 46.0 Å². The molecule has 11 heteroatoms. The number of carbonyl (C=O) groups excluding carboxylic acids is 1. The number of nitrogens with one attached hydrogen (secondary N) is 1. The number of thioether (sulfide) groups is 1. The monoisotopic (exact) mass is 485 g/mol. The number of nitrogens with zero attached hydrogens (tertiary/aromatic N) is 4. The molecule has 0 aliphatic heterocycles. The van der Waals surface area contributed by atoms with Gasteiger partial charge < -0.3 is 23.5 Å². The maximum atomic E-state index is 12.4. The number of rotatable bonds is 11. The SMILES string of the molecule is CCn1c(SCC(=O)N/N=C\c2c(OC)cc(OC)cc2OC)nnc1-c1ccc(OC)cc1. The van der Waals surface area contributed by atoms with Gasteiger partial charge >= 0.3 is 0 Å². The summed E-state index contributed by atoms with van der Waals surface area (Å²) in [6.45, 7) is 2.66. The number of carbonyl (C=O) groups is 1. The second-order valence-electron chi connectivity index (χ2n) is 6.81. The summed E-state index contributed by atoms with van der Waals surface area (Å²) in [6, 6.07) is 11.0. The zero-order valence-corrected chi connectivity index (χ0v) is 20.5. The van der Waals surface area contributed by atoms with E-state index in [1.54, 1.807) is 26.4 Å². The Bertz CT molecular complexity index is 1120. The van der Waals surface area contributed by atoms with Crippen molar-refractivity contribution in [3.63, 3.8) is 0 Å². The van der Waals surface area contributed by atoms with Crippen molar-refractivity contribution in [3.05, 3.63) is 42.0 Å². The minimum absolute atomic E-state index is 0.120. The van der Waals surface area contributed by atoms with Crippen molar-refractivity contribution in [2.24, 2.45) is 5.10 Å². The molecule has 0 bridgehead atoms. The molecule has 0 aliphatic rings. The molecule has 0 saturated heterocycles. The molecule has 1 heterocycles. The van der Waals surface area contributed by atoms with Gasteiger partial charge in [0.15, 0.2) is 11.0 Å². The summed E-state index contributed by atoms with van der Waals surface area (Å²) < 4.78 is 23.1. The number of hydrogen-bond donors (Lipinski definition) is 1. The number of methoxy groups -OCH3 is 4. The molecule has 0 saturated carbocycles. The highest BCUT2D eigenvalue weighted by atomic mass is 32.2. The molecule has 34 heavy (non-hydrogen) atoms. The van der Waals surface area contributed by atoms with E-state index in [-0.39, 0.29) is 11.7 Å². The van der Waals surface area contributed by atoms with Gasteiger partial charge in [-0.2, -0.15) is 5.10 Å². The van der Waals surface area contributed by atoms with Crippen molar-refractivity contribution in [1.82, 2.24) is 20.2 Å². The van der Waals surface area contributed by atoms with Gasteiger partial charge in [0.2, 0.25) is 0 Å². The fourth-order valence-corrected chi connectivity index (χ4v) is 3.92. The van der Waals surface area contributed by atoms with E-state index in [0.29, 0.717) is 34.5 Å². The molecule has 0 fully saturated rings. The standard InChI is InChI=1S/C23H27N5O5S/c1-6-28-22(15-7-9-16(30-2)10-8-15)26-27-23(28)34-14-21(29)25-24-13-18-19(32-4)11-17(31-3)12-20(18)33-5/h7-13H,6,14H2,1-5H3,(H,25,29)/b24-13-. The third kappa shape index (κ3) is 5.79. The molecular formula is C23H27N5O5S. The molecule has 1 aromatic heterocycles. The molecule has 3 aromatic rings. The number of aromatic nitrogens is 3. The molecule has 1 N–H and O–H groups in total. The van der Waals surface area contributed by atoms with Crippen LogP contribution in [0.5, 0.6) is 23.0 Å². The number of benzene rings is 2. The van der Waals surface area contributed by atoms with Crippen LogP contribution < -0.4 is 24.4 Å². The Labute approximate surface area is 202 Å². The second kappa shape index (κ2) is 11.9. The van der Waals surface area contributed by atoms with E-state index < -0.39 is 0 Å². The molecular weight excluding hydrogens is 458 g/mol. The van der Waals surface area contributed by atoms with Gasteiger partial charge in [-0.25, -0.2) is 5.43 Å². The van der Waals surface area contributed by atoms with Crippen LogP contribution in [-0.2, 0) is 11.3 Å². The first-order valence-electron chi connectivity index (χ1n) is 10.4. The zero-order valence-electron chi connectivity index (χ0n) is 19.7. The molecule has 0 unspecified atom stereocenters. The summed E-state index contributed by atoms with van der Waals surface area (Å²) in [5.41, 5.74) is 4.01. The normalized spacial score (nSPS) is 10.9. The van der Waals surface area contributed by atoms with E-state index in [4.69, 9.17) is 18.9 Å². The van der Waals surface area contributed by atoms with Gasteiger partial charge in [0.25, 0.3) is 5.91 Å². The van der Waals surface area contributed by atoms with Crippen molar-refractivity contribution >= 4 is 23.9 Å². The average Bonchev–Trinajstić information content (AvgIpc) is 3.30. The molecule has 1 amide bonds. The molecule has 180 valence electrons. The van der Waals surface area contributed by atoms with Crippen molar-refractivity contribution in [2.45, 2.75) is 18.6 Å². The van der Waals surface area contributed by atoms with Crippen LogP contribution in [-0.4, -0.2) is 61.1 Å². The lowest BCUT2D eigenvalue weighted by Crippen LogP contribution is -2.20. The quantitative estimate of drug-likeness (QED) is 0.250. The first-order valence-corrected chi connectivity index (χ1v) is 11.3. The molecule has 0 spiro atoms. The molecule has 0 aliphatic carbocycles. The summed E-state index contributed by atoms with van der Waals surface area (Å²) in [5, 5.41) is 13.2. The first-order chi connectivity index (χ1) is 16.5. The third-order valence-electron chi connectivity index (χ3n) is 4.85. The summed E-state index contributed by atoms with van der Waals surface area (Å²) in [4.78, 5) is 12.4. The van der Waals surface area contributed by atoms with Crippen LogP contribution >= 0.6 is 11.8 Å². The van der Waals surface area contributed by atoms with Crippen molar-refractivity contribution in [1.29, 1.82) is 0 Å². The average molecular weight is 486 g/mol. The maximum Gasteiger partial charge on any atom is 0.250 e. The lowest BCUT2D eigenvalue weighted by Gasteiger charge is -2.12. The largest absolute Gasteiger partial charge is 0.497 e. The Hall–Kier alpha value is -3.73. The Kier molecular flexibility index (Phi) is 8.74. The minimum Gasteiger partial charge on any atom is -0.497 e. The molecule has 0 radical (unpaired) electrons. The van der Waals surface area contributed by atoms with Gasteiger partial charge in [-0.15, -0.1) is 10.2 Å². The summed E-state index contributed by atoms with van der Waals surface area (Å²) >= 11 is 1.28. The predicted octanol–water partition coefficient (Wildman–Crippen LogP) is 3.24. The minimum atomic E-state index is -0.288. The second-order valence-corrected chi connectivity index (χ2v) is 7.75. The van der Waals surface area contributed by atoms with E-state index in [1.807, 2.05) is 35.8 Å². The molecule has 10 nitrogen and oxygen atoms in total. The summed E-state index contributed by atoms with van der Waals surface area (Å²) in [7, 11) is 6.24. The number of amides is 1. The highest BCUT2D eigenvalue weighted by Gasteiger charge is 2.15. The zero-order chi connectivity index (χ0) is 24.5. The molecule has 2 aromatic carbocycles. The lowest BCUT2D eigenvalue weighted by atomic mass is 10.2. The van der Waals surface area contributed by atoms with Gasteiger partial charge in [0, 0.05) is 24.2 Å². The van der Waals surface area contributed by atoms with E-state index in [2.05, 4.69) is 20.7 Å². The van der Waals surface area contributed by atoms with Crippen LogP contribution in [0.3, 0.4) is 0 Å². The van der Waals surface area contributed by atoms with Gasteiger partial charge in [0.1, 0.15) is 23.0 Å². The fraction of sp³-hybridized carbons (Fsp3) is 0.304. The number of hydrazone groups is 1. The van der Waals surface area contributed by atoms with Crippen LogP contribution in [0.1, 0.15) is 12.5 Å². The van der Waals surface area contributed by atoms with Gasteiger partial charge in [-0.05, 0) is 31.2 Å². The Morgan fingerprint density at radius 3 is 2.21 bits per heavy atom. The summed E-state index contributed by atoms with van der Waals surface area (Å²) in [6.07, 6.45) is 1.47. The Morgan fingerprint density at radius 2 is 1.65 bits per heavy atom. The Morgan fingerprint density at radius 1 is 1.00 bits per heavy atom. The van der Waals surface area contributed by atoms with Crippen LogP contribution in [0.2, 0.25) is 0 Å².